The van der Waals surface area contributed by atoms with Gasteiger partial charge < -0.3 is 20.8 Å². The van der Waals surface area contributed by atoms with E-state index in [1.165, 1.54) is 24.3 Å². The van der Waals surface area contributed by atoms with Gasteiger partial charge in [0.1, 0.15) is 17.3 Å². The molecule has 0 bridgehead atoms. The number of aromatic nitrogens is 2. The molecule has 0 aliphatic carbocycles. The fourth-order valence-corrected chi connectivity index (χ4v) is 4.05. The fourth-order valence-electron chi connectivity index (χ4n) is 4.05. The van der Waals surface area contributed by atoms with Crippen molar-refractivity contribution in [1.82, 2.24) is 9.97 Å². The van der Waals surface area contributed by atoms with Crippen LogP contribution in [0.1, 0.15) is 38.8 Å². The summed E-state index contributed by atoms with van der Waals surface area (Å²) < 4.78 is 28.7. The number of carbonyl (C=O) groups excluding carboxylic acids is 1. The number of aromatic amines is 2. The minimum Gasteiger partial charge on any atom is -0.477 e. The first-order valence-electron chi connectivity index (χ1n) is 8.82. The van der Waals surface area contributed by atoms with Gasteiger partial charge in [-0.15, -0.1) is 0 Å². The molecule has 6 nitrogen and oxygen atoms in total. The van der Waals surface area contributed by atoms with Crippen molar-refractivity contribution in [1.29, 1.82) is 0 Å². The molecular weight excluding hydrogens is 380 g/mol. The van der Waals surface area contributed by atoms with E-state index in [9.17, 15) is 23.5 Å². The number of aryl methyl sites for hydroxylation is 2. The number of nitrogens with two attached hydrogens (primary N) is 1. The van der Waals surface area contributed by atoms with Crippen LogP contribution in [0, 0.1) is 25.5 Å². The summed E-state index contributed by atoms with van der Waals surface area (Å²) in [7, 11) is 0. The average Bonchev–Trinajstić information content (AvgIpc) is 3.20. The number of rotatable bonds is 4. The Hall–Kier alpha value is -3.68. The normalized spacial score (nSPS) is 12.6. The summed E-state index contributed by atoms with van der Waals surface area (Å²) in [5.41, 5.74) is 7.13. The Labute approximate surface area is 163 Å². The number of carbonyl (C=O) groups is 2. The first kappa shape index (κ1) is 18.7. The molecular formula is C21H17F2N3O3. The lowest BCUT2D eigenvalue weighted by Gasteiger charge is -2.16. The molecule has 2 aromatic heterocycles. The highest BCUT2D eigenvalue weighted by molar-refractivity contribution is 6.05. The summed E-state index contributed by atoms with van der Waals surface area (Å²) in [6.45, 7) is 3.41. The number of carboxylic acids is 1. The number of fused-ring (bicyclic) bond motifs is 2. The van der Waals surface area contributed by atoms with E-state index in [0.29, 0.717) is 22.2 Å². The molecule has 1 amide bonds. The largest absolute Gasteiger partial charge is 0.477 e. The zero-order chi connectivity index (χ0) is 21.0. The van der Waals surface area contributed by atoms with Gasteiger partial charge in [-0.25, -0.2) is 13.6 Å². The summed E-state index contributed by atoms with van der Waals surface area (Å²) in [5.74, 6) is -4.58. The van der Waals surface area contributed by atoms with Crippen LogP contribution in [0.5, 0.6) is 0 Å². The van der Waals surface area contributed by atoms with Gasteiger partial charge in [-0.2, -0.15) is 0 Å². The molecule has 0 saturated heterocycles. The molecule has 0 radical (unpaired) electrons. The predicted molar refractivity (Wildman–Crippen MR) is 104 cm³/mol. The zero-order valence-electron chi connectivity index (χ0n) is 15.6. The molecule has 148 valence electrons. The van der Waals surface area contributed by atoms with Crippen LogP contribution in [0.25, 0.3) is 21.8 Å². The predicted octanol–water partition coefficient (Wildman–Crippen LogP) is 3.86. The Balaban J connectivity index is 2.15. The Morgan fingerprint density at radius 3 is 2.34 bits per heavy atom. The highest BCUT2D eigenvalue weighted by Gasteiger charge is 2.34. The number of hydrogen-bond donors (Lipinski definition) is 4. The molecule has 8 heteroatoms. The van der Waals surface area contributed by atoms with Crippen molar-refractivity contribution in [2.75, 3.05) is 0 Å². The van der Waals surface area contributed by atoms with E-state index in [-0.39, 0.29) is 27.7 Å². The van der Waals surface area contributed by atoms with Gasteiger partial charge in [-0.1, -0.05) is 18.2 Å². The van der Waals surface area contributed by atoms with Crippen molar-refractivity contribution in [3.05, 3.63) is 70.0 Å². The number of para-hydroxylation sites is 1. The molecule has 1 atom stereocenters. The minimum absolute atomic E-state index is 0.0356. The molecule has 5 N–H and O–H groups in total. The third kappa shape index (κ3) is 2.67. The number of aromatic carboxylic acids is 1. The standard InChI is InChI=1S/C21H17F2N3O3/c1-8-6-7-12(23)18-13(8)14(9(2)25-18)16(20(24)27)15-10-4-3-5-11(22)17(10)26-19(15)21(28)29/h3-7,16,25-26H,1-2H3,(H2,24,27)(H,28,29). The van der Waals surface area contributed by atoms with Gasteiger partial charge in [0.2, 0.25) is 5.91 Å². The molecule has 4 rings (SSSR count). The highest BCUT2D eigenvalue weighted by atomic mass is 19.1. The summed E-state index contributed by atoms with van der Waals surface area (Å²) in [6.07, 6.45) is 0. The molecule has 0 aliphatic rings. The molecule has 1 unspecified atom stereocenters. The quantitative estimate of drug-likeness (QED) is 0.419. The van der Waals surface area contributed by atoms with Crippen LogP contribution in [0.15, 0.2) is 30.3 Å². The van der Waals surface area contributed by atoms with Gasteiger partial charge in [0.05, 0.1) is 17.0 Å². The third-order valence-electron chi connectivity index (χ3n) is 5.25. The van der Waals surface area contributed by atoms with Crippen LogP contribution in [-0.2, 0) is 4.79 Å². The number of carboxylic acid groups (broad SMARTS) is 1. The second-order valence-corrected chi connectivity index (χ2v) is 6.99. The van der Waals surface area contributed by atoms with Crippen molar-refractivity contribution in [3.8, 4) is 0 Å². The van der Waals surface area contributed by atoms with E-state index in [0.717, 1.165) is 0 Å². The molecule has 0 fully saturated rings. The van der Waals surface area contributed by atoms with Crippen LogP contribution in [-0.4, -0.2) is 27.0 Å². The molecule has 29 heavy (non-hydrogen) atoms. The Morgan fingerprint density at radius 1 is 1.00 bits per heavy atom. The fraction of sp³-hybridized carbons (Fsp3) is 0.143. The molecule has 4 aromatic rings. The maximum atomic E-state index is 14.4. The summed E-state index contributed by atoms with van der Waals surface area (Å²) >= 11 is 0. The summed E-state index contributed by atoms with van der Waals surface area (Å²) in [4.78, 5) is 30.0. The van der Waals surface area contributed by atoms with Crippen LogP contribution < -0.4 is 5.73 Å². The smallest absolute Gasteiger partial charge is 0.352 e. The number of halogens is 2. The first-order chi connectivity index (χ1) is 13.7. The summed E-state index contributed by atoms with van der Waals surface area (Å²) in [6, 6.07) is 7.00. The van der Waals surface area contributed by atoms with Crippen LogP contribution in [0.3, 0.4) is 0 Å². The lowest BCUT2D eigenvalue weighted by Crippen LogP contribution is -2.24. The van der Waals surface area contributed by atoms with Gasteiger partial charge >= 0.3 is 5.97 Å². The lowest BCUT2D eigenvalue weighted by atomic mass is 9.85. The van der Waals surface area contributed by atoms with Crippen molar-refractivity contribution in [3.63, 3.8) is 0 Å². The van der Waals surface area contributed by atoms with Gasteiger partial charge in [-0.3, -0.25) is 4.79 Å². The Bertz CT molecular complexity index is 1320. The maximum absolute atomic E-state index is 14.4. The molecule has 0 saturated carbocycles. The SMILES string of the molecule is Cc1[nH]c2c(F)ccc(C)c2c1C(C(N)=O)c1c(C(=O)O)[nH]c2c(F)cccc12. The molecule has 0 aliphatic heterocycles. The van der Waals surface area contributed by atoms with Gasteiger partial charge in [-0.05, 0) is 37.1 Å². The second kappa shape index (κ2) is 6.44. The van der Waals surface area contributed by atoms with E-state index in [1.807, 2.05) is 0 Å². The van der Waals surface area contributed by atoms with Gasteiger partial charge in [0.25, 0.3) is 0 Å². The number of nitrogens with one attached hydrogen (secondary N) is 2. The first-order valence-corrected chi connectivity index (χ1v) is 8.82. The van der Waals surface area contributed by atoms with Crippen molar-refractivity contribution in [2.45, 2.75) is 19.8 Å². The van der Waals surface area contributed by atoms with E-state index in [4.69, 9.17) is 5.73 Å². The van der Waals surface area contributed by atoms with Crippen molar-refractivity contribution in [2.24, 2.45) is 5.73 Å². The maximum Gasteiger partial charge on any atom is 0.352 e. The minimum atomic E-state index is -1.36. The third-order valence-corrected chi connectivity index (χ3v) is 5.25. The van der Waals surface area contributed by atoms with Gasteiger partial charge in [0, 0.05) is 22.0 Å². The Morgan fingerprint density at radius 2 is 1.69 bits per heavy atom. The molecule has 0 spiro atoms. The number of benzene rings is 2. The highest BCUT2D eigenvalue weighted by Crippen LogP contribution is 2.40. The monoisotopic (exact) mass is 397 g/mol. The van der Waals surface area contributed by atoms with Crippen LogP contribution in [0.2, 0.25) is 0 Å². The zero-order valence-corrected chi connectivity index (χ0v) is 15.6. The lowest BCUT2D eigenvalue weighted by molar-refractivity contribution is -0.118. The second-order valence-electron chi connectivity index (χ2n) is 6.99. The Kier molecular flexibility index (Phi) is 4.15. The van der Waals surface area contributed by atoms with Crippen LogP contribution >= 0.6 is 0 Å². The molecule has 2 heterocycles. The number of amides is 1. The van der Waals surface area contributed by atoms with Crippen molar-refractivity contribution >= 4 is 33.7 Å². The van der Waals surface area contributed by atoms with E-state index < -0.39 is 29.4 Å². The van der Waals surface area contributed by atoms with Gasteiger partial charge in [0.15, 0.2) is 0 Å². The van der Waals surface area contributed by atoms with E-state index in [1.54, 1.807) is 19.9 Å². The van der Waals surface area contributed by atoms with E-state index >= 15 is 0 Å². The number of hydrogen-bond acceptors (Lipinski definition) is 2. The summed E-state index contributed by atoms with van der Waals surface area (Å²) in [5, 5.41) is 10.4. The number of H-pyrrole nitrogens is 2. The van der Waals surface area contributed by atoms with E-state index in [2.05, 4.69) is 9.97 Å². The van der Waals surface area contributed by atoms with Crippen LogP contribution in [0.4, 0.5) is 8.78 Å². The topological polar surface area (TPSA) is 112 Å². The van der Waals surface area contributed by atoms with Crippen molar-refractivity contribution < 1.29 is 23.5 Å². The average molecular weight is 397 g/mol. The number of primary amides is 1. The molecule has 2 aromatic carbocycles.